The predicted octanol–water partition coefficient (Wildman–Crippen LogP) is 1.91. The molecule has 0 saturated carbocycles. The van der Waals surface area contributed by atoms with Crippen LogP contribution in [0.5, 0.6) is 0 Å². The molecule has 1 aliphatic heterocycles. The summed E-state index contributed by atoms with van der Waals surface area (Å²) in [7, 11) is -4.07. The Balaban J connectivity index is 1.96. The van der Waals surface area contributed by atoms with Crippen LogP contribution >= 0.6 is 0 Å². The topological polar surface area (TPSA) is 104 Å². The smallest absolute Gasteiger partial charge is 0.262 e. The quantitative estimate of drug-likeness (QED) is 0.736. The van der Waals surface area contributed by atoms with Gasteiger partial charge >= 0.3 is 0 Å². The molecule has 1 heterocycles. The highest BCUT2D eigenvalue weighted by Gasteiger charge is 2.22. The maximum atomic E-state index is 13.6. The first-order chi connectivity index (χ1) is 11.3. The number of fused-ring (bicyclic) bond motifs is 1. The van der Waals surface area contributed by atoms with Gasteiger partial charge in [-0.1, -0.05) is 12.1 Å². The molecule has 0 aliphatic carbocycles. The predicted molar refractivity (Wildman–Crippen MR) is 85.5 cm³/mol. The van der Waals surface area contributed by atoms with Crippen molar-refractivity contribution >= 4 is 38.9 Å². The minimum absolute atomic E-state index is 0.155. The fraction of sp³-hybridized carbons (Fsp3) is 0.0667. The van der Waals surface area contributed by atoms with Gasteiger partial charge in [0.1, 0.15) is 12.2 Å². The normalized spacial score (nSPS) is 14.2. The minimum atomic E-state index is -4.07. The van der Waals surface area contributed by atoms with Crippen molar-refractivity contribution in [3.63, 3.8) is 0 Å². The van der Waals surface area contributed by atoms with Gasteiger partial charge in [-0.05, 0) is 30.3 Å². The molecule has 7 nitrogen and oxygen atoms in total. The second kappa shape index (κ2) is 5.93. The van der Waals surface area contributed by atoms with Crippen LogP contribution in [-0.2, 0) is 19.6 Å². The van der Waals surface area contributed by atoms with E-state index >= 15 is 0 Å². The number of nitrogens with one attached hydrogen (secondary N) is 3. The van der Waals surface area contributed by atoms with Crippen LogP contribution in [-0.4, -0.2) is 20.2 Å². The molecule has 2 aromatic carbocycles. The Morgan fingerprint density at radius 1 is 0.958 bits per heavy atom. The van der Waals surface area contributed by atoms with Crippen LogP contribution in [0.25, 0.3) is 0 Å². The van der Waals surface area contributed by atoms with Gasteiger partial charge in [-0.15, -0.1) is 0 Å². The number of anilines is 3. The number of hydrogen-bond acceptors (Lipinski definition) is 4. The molecule has 0 radical (unpaired) electrons. The molecule has 2 amide bonds. The highest BCUT2D eigenvalue weighted by molar-refractivity contribution is 7.92. The number of rotatable bonds is 3. The number of benzene rings is 2. The van der Waals surface area contributed by atoms with Gasteiger partial charge in [-0.2, -0.15) is 0 Å². The Labute approximate surface area is 136 Å². The fourth-order valence-electron chi connectivity index (χ4n) is 2.19. The first-order valence-electron chi connectivity index (χ1n) is 6.86. The fourth-order valence-corrected chi connectivity index (χ4v) is 3.28. The van der Waals surface area contributed by atoms with Crippen LogP contribution in [0.15, 0.2) is 47.4 Å². The lowest BCUT2D eigenvalue weighted by atomic mass is 10.2. The van der Waals surface area contributed by atoms with Gasteiger partial charge in [0, 0.05) is 0 Å². The third kappa shape index (κ3) is 3.20. The molecular formula is C15H12FN3O4S. The summed E-state index contributed by atoms with van der Waals surface area (Å²) in [5.74, 6) is -1.76. The summed E-state index contributed by atoms with van der Waals surface area (Å²) in [6, 6.07) is 9.15. The summed E-state index contributed by atoms with van der Waals surface area (Å²) >= 11 is 0. The molecule has 0 spiro atoms. The molecule has 2 aromatic rings. The van der Waals surface area contributed by atoms with Crippen LogP contribution in [0.3, 0.4) is 0 Å². The van der Waals surface area contributed by atoms with Crippen molar-refractivity contribution in [2.24, 2.45) is 0 Å². The van der Waals surface area contributed by atoms with Crippen molar-refractivity contribution < 1.29 is 22.4 Å². The summed E-state index contributed by atoms with van der Waals surface area (Å²) < 4.78 is 40.6. The number of carbonyl (C=O) groups excluding carboxylic acids is 2. The third-order valence-corrected chi connectivity index (χ3v) is 4.65. The van der Waals surface area contributed by atoms with E-state index in [1.54, 1.807) is 0 Å². The molecule has 0 bridgehead atoms. The van der Waals surface area contributed by atoms with Crippen LogP contribution < -0.4 is 15.4 Å². The molecule has 1 aliphatic rings. The largest absolute Gasteiger partial charge is 0.324 e. The number of sulfonamides is 1. The second-order valence-corrected chi connectivity index (χ2v) is 6.75. The van der Waals surface area contributed by atoms with E-state index in [-0.39, 0.29) is 28.4 Å². The zero-order valence-corrected chi connectivity index (χ0v) is 13.0. The van der Waals surface area contributed by atoms with E-state index in [1.165, 1.54) is 36.4 Å². The number of carbonyl (C=O) groups is 2. The minimum Gasteiger partial charge on any atom is -0.324 e. The summed E-state index contributed by atoms with van der Waals surface area (Å²) in [5.41, 5.74) is 0.253. The zero-order chi connectivity index (χ0) is 17.3. The van der Waals surface area contributed by atoms with Crippen LogP contribution in [0.2, 0.25) is 0 Å². The maximum absolute atomic E-state index is 13.6. The van der Waals surface area contributed by atoms with Gasteiger partial charge in [0.15, 0.2) is 0 Å². The molecule has 3 rings (SSSR count). The lowest BCUT2D eigenvalue weighted by Gasteiger charge is -2.12. The van der Waals surface area contributed by atoms with Crippen LogP contribution in [0, 0.1) is 5.82 Å². The molecular weight excluding hydrogens is 337 g/mol. The Morgan fingerprint density at radius 2 is 1.62 bits per heavy atom. The van der Waals surface area contributed by atoms with Crippen molar-refractivity contribution in [3.8, 4) is 0 Å². The zero-order valence-electron chi connectivity index (χ0n) is 12.2. The molecule has 24 heavy (non-hydrogen) atoms. The van der Waals surface area contributed by atoms with Gasteiger partial charge in [-0.25, -0.2) is 12.8 Å². The standard InChI is InChI=1S/C15H12FN3O4S/c16-10-3-1-2-4-11(10)19-24(22,23)9-5-6-12-13(7-9)18-15(21)8-14(20)17-12/h1-7,19H,8H2,(H,17,20)(H,18,21). The maximum Gasteiger partial charge on any atom is 0.262 e. The third-order valence-electron chi connectivity index (χ3n) is 3.29. The molecule has 0 aromatic heterocycles. The summed E-state index contributed by atoms with van der Waals surface area (Å²) in [6.07, 6.45) is -0.357. The molecule has 124 valence electrons. The van der Waals surface area contributed by atoms with Gasteiger partial charge < -0.3 is 10.6 Å². The first kappa shape index (κ1) is 15.9. The van der Waals surface area contributed by atoms with E-state index in [4.69, 9.17) is 0 Å². The molecule has 0 fully saturated rings. The Hall–Kier alpha value is -2.94. The van der Waals surface area contributed by atoms with E-state index in [1.807, 2.05) is 0 Å². The van der Waals surface area contributed by atoms with Gasteiger partial charge in [0.2, 0.25) is 11.8 Å². The molecule has 0 saturated heterocycles. The lowest BCUT2D eigenvalue weighted by Crippen LogP contribution is -2.16. The van der Waals surface area contributed by atoms with E-state index in [0.29, 0.717) is 0 Å². The Morgan fingerprint density at radius 3 is 2.33 bits per heavy atom. The first-order valence-corrected chi connectivity index (χ1v) is 8.34. The number of amides is 2. The molecule has 3 N–H and O–H groups in total. The van der Waals surface area contributed by atoms with Crippen molar-refractivity contribution in [1.82, 2.24) is 0 Å². The summed E-state index contributed by atoms with van der Waals surface area (Å²) in [4.78, 5) is 22.9. The highest BCUT2D eigenvalue weighted by atomic mass is 32.2. The SMILES string of the molecule is O=C1CC(=O)Nc2cc(S(=O)(=O)Nc3ccccc3F)ccc2N1. The van der Waals surface area contributed by atoms with Crippen molar-refractivity contribution in [1.29, 1.82) is 0 Å². The summed E-state index contributed by atoms with van der Waals surface area (Å²) in [6.45, 7) is 0. The van der Waals surface area contributed by atoms with E-state index in [9.17, 15) is 22.4 Å². The van der Waals surface area contributed by atoms with Crippen molar-refractivity contribution in [2.75, 3.05) is 15.4 Å². The van der Waals surface area contributed by atoms with Crippen LogP contribution in [0.1, 0.15) is 6.42 Å². The molecule has 9 heteroatoms. The number of para-hydroxylation sites is 1. The number of hydrogen-bond donors (Lipinski definition) is 3. The van der Waals surface area contributed by atoms with Crippen molar-refractivity contribution in [3.05, 3.63) is 48.3 Å². The van der Waals surface area contributed by atoms with E-state index in [2.05, 4.69) is 15.4 Å². The number of halogens is 1. The van der Waals surface area contributed by atoms with E-state index < -0.39 is 27.7 Å². The summed E-state index contributed by atoms with van der Waals surface area (Å²) in [5, 5.41) is 4.94. The molecule has 0 unspecified atom stereocenters. The highest BCUT2D eigenvalue weighted by Crippen LogP contribution is 2.29. The van der Waals surface area contributed by atoms with Crippen LogP contribution in [0.4, 0.5) is 21.5 Å². The van der Waals surface area contributed by atoms with Gasteiger partial charge in [-0.3, -0.25) is 14.3 Å². The second-order valence-electron chi connectivity index (χ2n) is 5.07. The van der Waals surface area contributed by atoms with Gasteiger partial charge in [0.25, 0.3) is 10.0 Å². The lowest BCUT2D eigenvalue weighted by molar-refractivity contribution is -0.123. The Kier molecular flexibility index (Phi) is 3.94. The molecule has 0 atom stereocenters. The van der Waals surface area contributed by atoms with E-state index in [0.717, 1.165) is 6.07 Å². The Bertz CT molecular complexity index is 943. The van der Waals surface area contributed by atoms with Gasteiger partial charge in [0.05, 0.1) is 22.0 Å². The average molecular weight is 349 g/mol. The monoisotopic (exact) mass is 349 g/mol. The average Bonchev–Trinajstić information content (AvgIpc) is 2.65. The van der Waals surface area contributed by atoms with Crippen molar-refractivity contribution in [2.45, 2.75) is 11.3 Å².